The molecule has 2 aromatic rings. The molecule has 0 radical (unpaired) electrons. The van der Waals surface area contributed by atoms with Gasteiger partial charge in [0.25, 0.3) is 0 Å². The van der Waals surface area contributed by atoms with Gasteiger partial charge >= 0.3 is 0 Å². The molecule has 130 valence electrons. The summed E-state index contributed by atoms with van der Waals surface area (Å²) in [6.07, 6.45) is 0.195. The van der Waals surface area contributed by atoms with Crippen LogP contribution >= 0.6 is 23.2 Å². The lowest BCUT2D eigenvalue weighted by atomic mass is 10.1. The molecule has 1 saturated heterocycles. The number of hydrogen-bond donors (Lipinski definition) is 1. The minimum Gasteiger partial charge on any atom is -0.326 e. The Morgan fingerprint density at radius 2 is 1.76 bits per heavy atom. The predicted molar refractivity (Wildman–Crippen MR) is 101 cm³/mol. The monoisotopic (exact) mass is 376 g/mol. The fraction of sp³-hybridized carbons (Fsp3) is 0.263. The van der Waals surface area contributed by atoms with Crippen molar-refractivity contribution in [1.82, 2.24) is 0 Å². The zero-order chi connectivity index (χ0) is 18.1. The smallest absolute Gasteiger partial charge is 0.229 e. The Hall–Kier alpha value is -2.04. The largest absolute Gasteiger partial charge is 0.326 e. The topological polar surface area (TPSA) is 49.4 Å². The first-order valence-electron chi connectivity index (χ1n) is 7.98. The summed E-state index contributed by atoms with van der Waals surface area (Å²) in [6.45, 7) is 4.35. The summed E-state index contributed by atoms with van der Waals surface area (Å²) in [6, 6.07) is 10.9. The van der Waals surface area contributed by atoms with Crippen LogP contribution in [-0.2, 0) is 9.59 Å². The molecular formula is C19H18Cl2N2O2. The van der Waals surface area contributed by atoms with Crippen molar-refractivity contribution in [1.29, 1.82) is 0 Å². The molecule has 1 fully saturated rings. The number of rotatable bonds is 3. The van der Waals surface area contributed by atoms with Crippen molar-refractivity contribution in [3.63, 3.8) is 0 Å². The van der Waals surface area contributed by atoms with Gasteiger partial charge in [-0.15, -0.1) is 0 Å². The van der Waals surface area contributed by atoms with Crippen molar-refractivity contribution in [3.05, 3.63) is 57.6 Å². The maximum atomic E-state index is 12.5. The van der Waals surface area contributed by atoms with Crippen LogP contribution in [0.5, 0.6) is 0 Å². The summed E-state index contributed by atoms with van der Waals surface area (Å²) in [7, 11) is 0. The second kappa shape index (κ2) is 7.06. The van der Waals surface area contributed by atoms with Gasteiger partial charge in [0, 0.05) is 24.3 Å². The molecule has 3 rings (SSSR count). The number of nitrogens with one attached hydrogen (secondary N) is 1. The highest BCUT2D eigenvalue weighted by molar-refractivity contribution is 6.42. The fourth-order valence-electron chi connectivity index (χ4n) is 3.06. The molecule has 25 heavy (non-hydrogen) atoms. The van der Waals surface area contributed by atoms with Gasteiger partial charge < -0.3 is 10.2 Å². The number of anilines is 2. The first-order valence-corrected chi connectivity index (χ1v) is 8.73. The summed E-state index contributed by atoms with van der Waals surface area (Å²) < 4.78 is 0. The van der Waals surface area contributed by atoms with E-state index in [9.17, 15) is 9.59 Å². The second-order valence-electron chi connectivity index (χ2n) is 6.37. The van der Waals surface area contributed by atoms with E-state index in [-0.39, 0.29) is 18.2 Å². The molecular weight excluding hydrogens is 359 g/mol. The zero-order valence-corrected chi connectivity index (χ0v) is 15.5. The predicted octanol–water partition coefficient (Wildman–Crippen LogP) is 4.60. The number of carbonyl (C=O) groups excluding carboxylic acids is 2. The lowest BCUT2D eigenvalue weighted by Crippen LogP contribution is -2.28. The SMILES string of the molecule is Cc1cc(C)cc(N2C[C@@H](C(=O)Nc3ccc(Cl)c(Cl)c3)CC2=O)c1. The lowest BCUT2D eigenvalue weighted by molar-refractivity contribution is -0.122. The Labute approximate surface area is 156 Å². The third kappa shape index (κ3) is 3.97. The molecule has 1 heterocycles. The Morgan fingerprint density at radius 1 is 1.08 bits per heavy atom. The van der Waals surface area contributed by atoms with E-state index >= 15 is 0 Å². The normalized spacial score (nSPS) is 17.0. The van der Waals surface area contributed by atoms with Crippen molar-refractivity contribution in [3.8, 4) is 0 Å². The molecule has 0 aliphatic carbocycles. The van der Waals surface area contributed by atoms with Crippen molar-refractivity contribution in [2.24, 2.45) is 5.92 Å². The van der Waals surface area contributed by atoms with Gasteiger partial charge in [-0.25, -0.2) is 0 Å². The van der Waals surface area contributed by atoms with Crippen LogP contribution in [0.15, 0.2) is 36.4 Å². The Bertz CT molecular complexity index is 831. The highest BCUT2D eigenvalue weighted by atomic mass is 35.5. The van der Waals surface area contributed by atoms with Crippen LogP contribution in [0.2, 0.25) is 10.0 Å². The Balaban J connectivity index is 1.73. The van der Waals surface area contributed by atoms with Crippen molar-refractivity contribution < 1.29 is 9.59 Å². The number of carbonyl (C=O) groups is 2. The highest BCUT2D eigenvalue weighted by Crippen LogP contribution is 2.29. The van der Waals surface area contributed by atoms with Gasteiger partial charge in [-0.05, 0) is 55.3 Å². The summed E-state index contributed by atoms with van der Waals surface area (Å²) in [5, 5.41) is 3.61. The fourth-order valence-corrected chi connectivity index (χ4v) is 3.36. The maximum absolute atomic E-state index is 12.5. The van der Waals surface area contributed by atoms with E-state index in [1.165, 1.54) is 0 Å². The molecule has 1 aliphatic heterocycles. The Morgan fingerprint density at radius 3 is 2.40 bits per heavy atom. The van der Waals surface area contributed by atoms with Crippen LogP contribution in [0.25, 0.3) is 0 Å². The third-order valence-corrected chi connectivity index (χ3v) is 4.94. The Kier molecular flexibility index (Phi) is 5.02. The quantitative estimate of drug-likeness (QED) is 0.850. The van der Waals surface area contributed by atoms with E-state index in [0.29, 0.717) is 22.3 Å². The van der Waals surface area contributed by atoms with Crippen LogP contribution in [0.4, 0.5) is 11.4 Å². The van der Waals surface area contributed by atoms with Crippen LogP contribution in [0.3, 0.4) is 0 Å². The van der Waals surface area contributed by atoms with E-state index in [1.807, 2.05) is 26.0 Å². The van der Waals surface area contributed by atoms with Gasteiger partial charge in [0.15, 0.2) is 0 Å². The summed E-state index contributed by atoms with van der Waals surface area (Å²) in [4.78, 5) is 26.6. The van der Waals surface area contributed by atoms with Gasteiger partial charge in [-0.1, -0.05) is 29.3 Å². The van der Waals surface area contributed by atoms with Crippen molar-refractivity contribution in [2.75, 3.05) is 16.8 Å². The molecule has 2 aromatic carbocycles. The number of benzene rings is 2. The van der Waals surface area contributed by atoms with E-state index < -0.39 is 5.92 Å². The summed E-state index contributed by atoms with van der Waals surface area (Å²) in [5.74, 6) is -0.638. The van der Waals surface area contributed by atoms with E-state index in [4.69, 9.17) is 23.2 Å². The van der Waals surface area contributed by atoms with E-state index in [2.05, 4.69) is 11.4 Å². The standard InChI is InChI=1S/C19H18Cl2N2O2/c1-11-5-12(2)7-15(6-11)23-10-13(8-18(23)24)19(25)22-14-3-4-16(20)17(21)9-14/h3-7,9,13H,8,10H2,1-2H3,(H,22,25)/t13-/m0/s1. The number of hydrogen-bond acceptors (Lipinski definition) is 2. The highest BCUT2D eigenvalue weighted by Gasteiger charge is 2.35. The summed E-state index contributed by atoms with van der Waals surface area (Å²) in [5.41, 5.74) is 3.59. The molecule has 4 nitrogen and oxygen atoms in total. The number of amides is 2. The minimum atomic E-state index is -0.400. The molecule has 1 aliphatic rings. The zero-order valence-electron chi connectivity index (χ0n) is 14.0. The average molecular weight is 377 g/mol. The van der Waals surface area contributed by atoms with Gasteiger partial charge in [-0.2, -0.15) is 0 Å². The van der Waals surface area contributed by atoms with Gasteiger partial charge in [-0.3, -0.25) is 9.59 Å². The first kappa shape index (κ1) is 17.8. The van der Waals surface area contributed by atoms with E-state index in [1.54, 1.807) is 23.1 Å². The molecule has 0 saturated carbocycles. The molecule has 0 aromatic heterocycles. The lowest BCUT2D eigenvalue weighted by Gasteiger charge is -2.18. The molecule has 1 atom stereocenters. The molecule has 6 heteroatoms. The minimum absolute atomic E-state index is 0.0423. The summed E-state index contributed by atoms with van der Waals surface area (Å²) >= 11 is 11.8. The molecule has 1 N–H and O–H groups in total. The van der Waals surface area contributed by atoms with E-state index in [0.717, 1.165) is 16.8 Å². The van der Waals surface area contributed by atoms with Crippen LogP contribution in [0, 0.1) is 19.8 Å². The number of halogens is 2. The van der Waals surface area contributed by atoms with Crippen LogP contribution in [0.1, 0.15) is 17.5 Å². The van der Waals surface area contributed by atoms with Crippen LogP contribution < -0.4 is 10.2 Å². The second-order valence-corrected chi connectivity index (χ2v) is 7.18. The third-order valence-electron chi connectivity index (χ3n) is 4.20. The van der Waals surface area contributed by atoms with Crippen LogP contribution in [-0.4, -0.2) is 18.4 Å². The van der Waals surface area contributed by atoms with Gasteiger partial charge in [0.05, 0.1) is 16.0 Å². The van der Waals surface area contributed by atoms with Gasteiger partial charge in [0.1, 0.15) is 0 Å². The molecule has 2 amide bonds. The van der Waals surface area contributed by atoms with Crippen molar-refractivity contribution >= 4 is 46.4 Å². The number of nitrogens with zero attached hydrogens (tertiary/aromatic N) is 1. The molecule has 0 bridgehead atoms. The maximum Gasteiger partial charge on any atom is 0.229 e. The first-order chi connectivity index (χ1) is 11.8. The molecule has 0 unspecified atom stereocenters. The number of aryl methyl sites for hydroxylation is 2. The molecule has 0 spiro atoms. The average Bonchev–Trinajstić information content (AvgIpc) is 2.92. The van der Waals surface area contributed by atoms with Crippen molar-refractivity contribution in [2.45, 2.75) is 20.3 Å². The van der Waals surface area contributed by atoms with Gasteiger partial charge in [0.2, 0.25) is 11.8 Å².